The summed E-state index contributed by atoms with van der Waals surface area (Å²) in [5.74, 6) is -0.821. The van der Waals surface area contributed by atoms with Gasteiger partial charge in [-0.05, 0) is 29.8 Å². The van der Waals surface area contributed by atoms with Crippen LogP contribution in [0, 0.1) is 11.6 Å². The van der Waals surface area contributed by atoms with Crippen LogP contribution >= 0.6 is 0 Å². The first-order chi connectivity index (χ1) is 8.67. The number of aliphatic hydroxyl groups excluding tert-OH is 1. The second kappa shape index (κ2) is 5.14. The maximum atomic E-state index is 14.0. The van der Waals surface area contributed by atoms with Crippen LogP contribution in [0.2, 0.25) is 0 Å². The summed E-state index contributed by atoms with van der Waals surface area (Å²) in [6, 6.07) is 9.24. The molecule has 94 valence electrons. The minimum atomic E-state index is -0.743. The van der Waals surface area contributed by atoms with Crippen molar-refractivity contribution < 1.29 is 18.6 Å². The number of benzene rings is 2. The maximum Gasteiger partial charge on any atom is 0.139 e. The quantitative estimate of drug-likeness (QED) is 0.906. The van der Waals surface area contributed by atoms with E-state index in [-0.39, 0.29) is 11.1 Å². The molecule has 2 rings (SSSR count). The van der Waals surface area contributed by atoms with Crippen molar-refractivity contribution >= 4 is 0 Å². The summed E-state index contributed by atoms with van der Waals surface area (Å²) >= 11 is 0. The van der Waals surface area contributed by atoms with Gasteiger partial charge >= 0.3 is 0 Å². The van der Waals surface area contributed by atoms with E-state index in [1.807, 2.05) is 0 Å². The molecule has 4 heteroatoms. The standard InChI is InChI=1S/C14H12F2O2/c1-18-10-4-2-9(3-5-10)11-6-7-13(15)12(8-17)14(11)16/h2-7,17H,8H2,1H3. The minimum Gasteiger partial charge on any atom is -0.497 e. The smallest absolute Gasteiger partial charge is 0.139 e. The molecule has 1 N–H and O–H groups in total. The fourth-order valence-electron chi connectivity index (χ4n) is 1.74. The first-order valence-electron chi connectivity index (χ1n) is 5.39. The second-order valence-electron chi connectivity index (χ2n) is 3.77. The topological polar surface area (TPSA) is 29.5 Å². The Morgan fingerprint density at radius 2 is 1.72 bits per heavy atom. The Bertz CT molecular complexity index is 550. The maximum absolute atomic E-state index is 14.0. The van der Waals surface area contributed by atoms with Crippen molar-refractivity contribution in [2.75, 3.05) is 7.11 Å². The van der Waals surface area contributed by atoms with Crippen molar-refractivity contribution in [1.29, 1.82) is 0 Å². The van der Waals surface area contributed by atoms with Crippen LogP contribution in [0.25, 0.3) is 11.1 Å². The molecular formula is C14H12F2O2. The summed E-state index contributed by atoms with van der Waals surface area (Å²) in [4.78, 5) is 0. The summed E-state index contributed by atoms with van der Waals surface area (Å²) < 4.78 is 32.2. The molecule has 0 atom stereocenters. The lowest BCUT2D eigenvalue weighted by molar-refractivity contribution is 0.269. The molecule has 0 unspecified atom stereocenters. The molecule has 0 spiro atoms. The number of ether oxygens (including phenoxy) is 1. The molecule has 0 aliphatic carbocycles. The summed E-state index contributed by atoms with van der Waals surface area (Å²) in [5, 5.41) is 8.95. The zero-order valence-corrected chi connectivity index (χ0v) is 9.78. The lowest BCUT2D eigenvalue weighted by Crippen LogP contribution is -1.97. The Morgan fingerprint density at radius 1 is 1.06 bits per heavy atom. The van der Waals surface area contributed by atoms with Gasteiger partial charge in [-0.3, -0.25) is 0 Å². The Labute approximate surface area is 103 Å². The van der Waals surface area contributed by atoms with Crippen LogP contribution in [0.4, 0.5) is 8.78 Å². The van der Waals surface area contributed by atoms with Gasteiger partial charge in [0.25, 0.3) is 0 Å². The molecule has 2 aromatic rings. The van der Waals surface area contributed by atoms with Crippen molar-refractivity contribution in [3.8, 4) is 16.9 Å². The normalized spacial score (nSPS) is 10.4. The van der Waals surface area contributed by atoms with Gasteiger partial charge in [0.1, 0.15) is 17.4 Å². The highest BCUT2D eigenvalue weighted by molar-refractivity contribution is 5.65. The molecule has 0 aliphatic heterocycles. The van der Waals surface area contributed by atoms with Gasteiger partial charge < -0.3 is 9.84 Å². The Hall–Kier alpha value is -1.94. The average Bonchev–Trinajstić information content (AvgIpc) is 2.40. The van der Waals surface area contributed by atoms with E-state index >= 15 is 0 Å². The van der Waals surface area contributed by atoms with Gasteiger partial charge in [0.05, 0.1) is 13.7 Å². The zero-order valence-electron chi connectivity index (χ0n) is 9.78. The highest BCUT2D eigenvalue weighted by Gasteiger charge is 2.13. The van der Waals surface area contributed by atoms with Crippen molar-refractivity contribution in [3.05, 3.63) is 53.6 Å². The summed E-state index contributed by atoms with van der Waals surface area (Å²) in [6.07, 6.45) is 0. The Balaban J connectivity index is 2.50. The largest absolute Gasteiger partial charge is 0.497 e. The first-order valence-corrected chi connectivity index (χ1v) is 5.39. The molecule has 0 fully saturated rings. The van der Waals surface area contributed by atoms with Crippen LogP contribution in [0.15, 0.2) is 36.4 Å². The molecule has 2 aromatic carbocycles. The van der Waals surface area contributed by atoms with E-state index < -0.39 is 18.2 Å². The van der Waals surface area contributed by atoms with Gasteiger partial charge in [-0.15, -0.1) is 0 Å². The predicted molar refractivity (Wildman–Crippen MR) is 64.3 cm³/mol. The third-order valence-electron chi connectivity index (χ3n) is 2.75. The summed E-state index contributed by atoms with van der Waals surface area (Å²) in [6.45, 7) is -0.665. The molecule has 0 aromatic heterocycles. The van der Waals surface area contributed by atoms with Gasteiger partial charge in [-0.1, -0.05) is 12.1 Å². The SMILES string of the molecule is COc1ccc(-c2ccc(F)c(CO)c2F)cc1. The van der Waals surface area contributed by atoms with Crippen molar-refractivity contribution in [1.82, 2.24) is 0 Å². The highest BCUT2D eigenvalue weighted by atomic mass is 19.1. The molecule has 0 amide bonds. The molecular weight excluding hydrogens is 238 g/mol. The molecule has 0 saturated carbocycles. The van der Waals surface area contributed by atoms with E-state index in [4.69, 9.17) is 9.84 Å². The summed E-state index contributed by atoms with van der Waals surface area (Å²) in [7, 11) is 1.54. The zero-order chi connectivity index (χ0) is 13.1. The number of hydrogen-bond acceptors (Lipinski definition) is 2. The molecule has 0 radical (unpaired) electrons. The third-order valence-corrected chi connectivity index (χ3v) is 2.75. The fourth-order valence-corrected chi connectivity index (χ4v) is 1.74. The van der Waals surface area contributed by atoms with Gasteiger partial charge in [0.2, 0.25) is 0 Å². The fraction of sp³-hybridized carbons (Fsp3) is 0.143. The van der Waals surface area contributed by atoms with Crippen LogP contribution < -0.4 is 4.74 Å². The number of aliphatic hydroxyl groups is 1. The van der Waals surface area contributed by atoms with Crippen molar-refractivity contribution in [2.24, 2.45) is 0 Å². The summed E-state index contributed by atoms with van der Waals surface area (Å²) in [5.41, 5.74) is 0.537. The number of hydrogen-bond donors (Lipinski definition) is 1. The highest BCUT2D eigenvalue weighted by Crippen LogP contribution is 2.28. The second-order valence-corrected chi connectivity index (χ2v) is 3.77. The molecule has 0 aliphatic rings. The van der Waals surface area contributed by atoms with Gasteiger partial charge in [-0.25, -0.2) is 8.78 Å². The Kier molecular flexibility index (Phi) is 3.58. The lowest BCUT2D eigenvalue weighted by atomic mass is 10.0. The van der Waals surface area contributed by atoms with Crippen LogP contribution in [0.5, 0.6) is 5.75 Å². The minimum absolute atomic E-state index is 0.253. The van der Waals surface area contributed by atoms with E-state index in [2.05, 4.69) is 0 Å². The van der Waals surface area contributed by atoms with E-state index in [0.29, 0.717) is 11.3 Å². The molecule has 0 saturated heterocycles. The first kappa shape index (κ1) is 12.5. The number of rotatable bonds is 3. The average molecular weight is 250 g/mol. The van der Waals surface area contributed by atoms with E-state index in [9.17, 15) is 8.78 Å². The van der Waals surface area contributed by atoms with E-state index in [1.165, 1.54) is 13.2 Å². The monoisotopic (exact) mass is 250 g/mol. The Morgan fingerprint density at radius 3 is 2.28 bits per heavy atom. The van der Waals surface area contributed by atoms with Gasteiger partial charge in [0.15, 0.2) is 0 Å². The van der Waals surface area contributed by atoms with Gasteiger partial charge in [-0.2, -0.15) is 0 Å². The molecule has 2 nitrogen and oxygen atoms in total. The van der Waals surface area contributed by atoms with Crippen LogP contribution in [-0.2, 0) is 6.61 Å². The van der Waals surface area contributed by atoms with Gasteiger partial charge in [0, 0.05) is 11.1 Å². The van der Waals surface area contributed by atoms with Crippen LogP contribution in [0.3, 0.4) is 0 Å². The van der Waals surface area contributed by atoms with Crippen LogP contribution in [0.1, 0.15) is 5.56 Å². The van der Waals surface area contributed by atoms with Crippen molar-refractivity contribution in [3.63, 3.8) is 0 Å². The van der Waals surface area contributed by atoms with Crippen LogP contribution in [-0.4, -0.2) is 12.2 Å². The number of halogens is 2. The van der Waals surface area contributed by atoms with E-state index in [1.54, 1.807) is 24.3 Å². The predicted octanol–water partition coefficient (Wildman–Crippen LogP) is 3.13. The van der Waals surface area contributed by atoms with Crippen molar-refractivity contribution in [2.45, 2.75) is 6.61 Å². The van der Waals surface area contributed by atoms with E-state index in [0.717, 1.165) is 6.07 Å². The molecule has 18 heavy (non-hydrogen) atoms. The molecule has 0 heterocycles. The molecule has 0 bridgehead atoms. The lowest BCUT2D eigenvalue weighted by Gasteiger charge is -2.08. The third kappa shape index (κ3) is 2.19. The number of methoxy groups -OCH3 is 1.